The van der Waals surface area contributed by atoms with Crippen LogP contribution in [0, 0.1) is 29.6 Å². The Morgan fingerprint density at radius 3 is 2.54 bits per heavy atom. The third kappa shape index (κ3) is 3.10. The molecule has 35 heavy (non-hydrogen) atoms. The van der Waals surface area contributed by atoms with Gasteiger partial charge in [0.2, 0.25) is 0 Å². The zero-order valence-electron chi connectivity index (χ0n) is 18.3. The van der Waals surface area contributed by atoms with Crippen molar-refractivity contribution >= 4 is 51.0 Å². The van der Waals surface area contributed by atoms with Crippen molar-refractivity contribution in [3.63, 3.8) is 0 Å². The number of aromatic hydroxyl groups is 1. The fraction of sp³-hybridized carbons (Fsp3) is 0.346. The summed E-state index contributed by atoms with van der Waals surface area (Å²) in [5, 5.41) is 11.9. The van der Waals surface area contributed by atoms with E-state index in [2.05, 4.69) is 15.9 Å². The van der Waals surface area contributed by atoms with Crippen LogP contribution in [-0.2, 0) is 20.9 Å². The lowest BCUT2D eigenvalue weighted by Gasteiger charge is -2.43. The zero-order chi connectivity index (χ0) is 24.0. The second kappa shape index (κ2) is 7.82. The number of benzene rings is 2. The Hall–Kier alpha value is -2.36. The van der Waals surface area contributed by atoms with Crippen LogP contribution in [0.4, 0.5) is 0 Å². The van der Waals surface area contributed by atoms with Crippen LogP contribution in [0.1, 0.15) is 28.3 Å². The molecule has 3 heterocycles. The maximum atomic E-state index is 13.3. The van der Waals surface area contributed by atoms with Gasteiger partial charge in [0.15, 0.2) is 0 Å². The number of thiazole rings is 1. The predicted octanol–water partition coefficient (Wildman–Crippen LogP) is 4.61. The summed E-state index contributed by atoms with van der Waals surface area (Å²) in [5.41, 5.74) is 1.79. The van der Waals surface area contributed by atoms with Crippen LogP contribution in [0.3, 0.4) is 0 Å². The van der Waals surface area contributed by atoms with Gasteiger partial charge in [0.25, 0.3) is 0 Å². The quantitative estimate of drug-likeness (QED) is 0.366. The Morgan fingerprint density at radius 2 is 1.77 bits per heavy atom. The van der Waals surface area contributed by atoms with Gasteiger partial charge in [-0.3, -0.25) is 19.0 Å². The topological polar surface area (TPSA) is 85.6 Å². The first kappa shape index (κ1) is 21.9. The number of thioether (sulfide) groups is 1. The first-order chi connectivity index (χ1) is 16.9. The summed E-state index contributed by atoms with van der Waals surface area (Å²) < 4.78 is 7.76. The van der Waals surface area contributed by atoms with Gasteiger partial charge in [0.05, 0.1) is 23.4 Å². The number of aromatic nitrogens is 1. The van der Waals surface area contributed by atoms with Crippen molar-refractivity contribution in [2.45, 2.75) is 29.2 Å². The number of carbonyl (C=O) groups is 2. The molecule has 6 nitrogen and oxygen atoms in total. The monoisotopic (exact) mass is 569 g/mol. The summed E-state index contributed by atoms with van der Waals surface area (Å²) in [6, 6.07) is 15.3. The van der Waals surface area contributed by atoms with Gasteiger partial charge >= 0.3 is 16.8 Å². The number of carbonyl (C=O) groups excluding carboxylic acids is 2. The lowest BCUT2D eigenvalue weighted by atomic mass is 9.68. The molecular weight excluding hydrogens is 550 g/mol. The second-order valence-electron chi connectivity index (χ2n) is 9.80. The van der Waals surface area contributed by atoms with Crippen molar-refractivity contribution in [2.24, 2.45) is 29.6 Å². The molecule has 2 aliphatic heterocycles. The number of hydrogen-bond donors (Lipinski definition) is 1. The van der Waals surface area contributed by atoms with E-state index >= 15 is 0 Å². The normalized spacial score (nSPS) is 32.3. The molecule has 178 valence electrons. The van der Waals surface area contributed by atoms with Crippen LogP contribution in [-0.4, -0.2) is 26.9 Å². The van der Waals surface area contributed by atoms with Crippen LogP contribution in [0.2, 0.25) is 0 Å². The van der Waals surface area contributed by atoms with E-state index in [1.165, 1.54) is 11.3 Å². The van der Waals surface area contributed by atoms with Gasteiger partial charge in [-0.1, -0.05) is 57.6 Å². The average Bonchev–Trinajstić information content (AvgIpc) is 3.56. The van der Waals surface area contributed by atoms with Crippen molar-refractivity contribution < 1.29 is 19.4 Å². The maximum Gasteiger partial charge on any atom is 0.317 e. The first-order valence-electron chi connectivity index (χ1n) is 11.6. The van der Waals surface area contributed by atoms with Crippen molar-refractivity contribution in [1.82, 2.24) is 4.57 Å². The van der Waals surface area contributed by atoms with E-state index in [0.29, 0.717) is 6.54 Å². The molecule has 9 heteroatoms. The van der Waals surface area contributed by atoms with E-state index in [1.54, 1.807) is 23.9 Å². The van der Waals surface area contributed by atoms with Crippen LogP contribution in [0.5, 0.6) is 5.75 Å². The van der Waals surface area contributed by atoms with Gasteiger partial charge in [-0.2, -0.15) is 0 Å². The van der Waals surface area contributed by atoms with Crippen LogP contribution in [0.25, 0.3) is 0 Å². The molecule has 3 aromatic rings. The third-order valence-corrected chi connectivity index (χ3v) is 11.5. The molecular formula is C26H20BrNO5S2. The molecule has 1 N–H and O–H groups in total. The molecule has 0 spiro atoms. The molecule has 7 atom stereocenters. The Kier molecular flexibility index (Phi) is 4.89. The summed E-state index contributed by atoms with van der Waals surface area (Å²) in [6.45, 7) is 0.466. The van der Waals surface area contributed by atoms with Gasteiger partial charge in [-0.15, -0.1) is 11.8 Å². The zero-order valence-corrected chi connectivity index (χ0v) is 21.5. The van der Waals surface area contributed by atoms with E-state index < -0.39 is 23.8 Å². The number of ether oxygens (including phenoxy) is 1. The third-order valence-electron chi connectivity index (χ3n) is 8.19. The summed E-state index contributed by atoms with van der Waals surface area (Å²) in [7, 11) is 0. The Bertz CT molecular complexity index is 1450. The highest BCUT2D eigenvalue weighted by molar-refractivity contribution is 9.10. The van der Waals surface area contributed by atoms with Crippen LogP contribution < -0.4 is 4.87 Å². The molecule has 4 aliphatic rings. The minimum absolute atomic E-state index is 0.0160. The van der Waals surface area contributed by atoms with Crippen molar-refractivity contribution in [3.8, 4) is 5.75 Å². The van der Waals surface area contributed by atoms with E-state index in [0.717, 1.165) is 31.9 Å². The minimum atomic E-state index is -0.421. The smallest absolute Gasteiger partial charge is 0.317 e. The highest BCUT2D eigenvalue weighted by Crippen LogP contribution is 2.69. The van der Waals surface area contributed by atoms with Gasteiger partial charge < -0.3 is 9.84 Å². The lowest BCUT2D eigenvalue weighted by molar-refractivity contribution is -0.154. The van der Waals surface area contributed by atoms with Crippen molar-refractivity contribution in [3.05, 3.63) is 78.7 Å². The first-order valence-corrected chi connectivity index (χ1v) is 14.1. The maximum absolute atomic E-state index is 13.3. The molecule has 2 saturated carbocycles. The van der Waals surface area contributed by atoms with Crippen LogP contribution in [0.15, 0.2) is 62.8 Å². The number of esters is 2. The molecule has 0 amide bonds. The Morgan fingerprint density at radius 1 is 1.03 bits per heavy atom. The van der Waals surface area contributed by atoms with E-state index in [-0.39, 0.29) is 39.5 Å². The lowest BCUT2D eigenvalue weighted by Crippen LogP contribution is -2.43. The molecule has 2 bridgehead atoms. The fourth-order valence-corrected chi connectivity index (χ4v) is 10.5. The van der Waals surface area contributed by atoms with Crippen molar-refractivity contribution in [1.29, 1.82) is 0 Å². The number of fused-ring (bicyclic) bond motifs is 9. The van der Waals surface area contributed by atoms with Crippen molar-refractivity contribution in [2.75, 3.05) is 0 Å². The van der Waals surface area contributed by atoms with E-state index in [4.69, 9.17) is 4.74 Å². The minimum Gasteiger partial charge on any atom is -0.508 e. The molecule has 3 fully saturated rings. The Balaban J connectivity index is 1.41. The van der Waals surface area contributed by atoms with Crippen LogP contribution >= 0.6 is 39.0 Å². The molecule has 2 aromatic carbocycles. The average molecular weight is 570 g/mol. The summed E-state index contributed by atoms with van der Waals surface area (Å²) in [4.78, 5) is 39.4. The van der Waals surface area contributed by atoms with Gasteiger partial charge in [0.1, 0.15) is 5.75 Å². The number of halogens is 1. The SMILES string of the molecule is O=C1OC(=O)[C@@H]2[C@H]3C[C@H]([C@@H]12)[C@@H]1[C@@H](c2cc(Br)ccc2O)c2sc(=O)n(Cc4ccccc4)c2S[C@@H]31. The van der Waals surface area contributed by atoms with Gasteiger partial charge in [0, 0.05) is 26.1 Å². The standard InChI is InChI=1S/C26H20BrNO5S2/c27-12-6-7-16(29)13(8-12)17-18-14-9-15(20-19(14)24(30)33-25(20)31)21(18)34-23-22(17)35-26(32)28(23)10-11-4-2-1-3-5-11/h1-8,14-15,17-21,29H,9-10H2/t14-,15+,17+,18+,19+,20+,21-/m0/s1. The predicted molar refractivity (Wildman–Crippen MR) is 135 cm³/mol. The van der Waals surface area contributed by atoms with Gasteiger partial charge in [-0.05, 0) is 47.9 Å². The number of rotatable bonds is 3. The number of hydrogen-bond acceptors (Lipinski definition) is 7. The number of nitrogens with zero attached hydrogens (tertiary/aromatic N) is 1. The molecule has 1 saturated heterocycles. The molecule has 7 rings (SSSR count). The highest BCUT2D eigenvalue weighted by Gasteiger charge is 2.69. The molecule has 0 unspecified atom stereocenters. The summed E-state index contributed by atoms with van der Waals surface area (Å²) >= 11 is 6.46. The fourth-order valence-electron chi connectivity index (χ4n) is 6.94. The molecule has 2 aliphatic carbocycles. The summed E-state index contributed by atoms with van der Waals surface area (Å²) in [5.74, 6) is -1.65. The number of phenols is 1. The summed E-state index contributed by atoms with van der Waals surface area (Å²) in [6.07, 6.45) is 0.793. The Labute approximate surface area is 217 Å². The molecule has 0 radical (unpaired) electrons. The number of phenolic OH excluding ortho intramolecular Hbond substituents is 1. The molecule has 1 aromatic heterocycles. The second-order valence-corrected chi connectivity index (χ2v) is 12.9. The van der Waals surface area contributed by atoms with E-state index in [9.17, 15) is 19.5 Å². The number of cyclic esters (lactones) is 2. The largest absolute Gasteiger partial charge is 0.508 e. The highest BCUT2D eigenvalue weighted by atomic mass is 79.9. The van der Waals surface area contributed by atoms with E-state index in [1.807, 2.05) is 41.0 Å². The van der Waals surface area contributed by atoms with Gasteiger partial charge in [-0.25, -0.2) is 0 Å².